The van der Waals surface area contributed by atoms with E-state index in [0.29, 0.717) is 0 Å². The van der Waals surface area contributed by atoms with Gasteiger partial charge in [0.25, 0.3) is 0 Å². The van der Waals surface area contributed by atoms with Crippen LogP contribution in [-0.4, -0.2) is 9.38 Å². The van der Waals surface area contributed by atoms with Gasteiger partial charge in [0.15, 0.2) is 0 Å². The van der Waals surface area contributed by atoms with Crippen molar-refractivity contribution in [2.75, 3.05) is 0 Å². The van der Waals surface area contributed by atoms with Gasteiger partial charge in [0.2, 0.25) is 0 Å². The number of aromatic nitrogens is 2. The Hall–Kier alpha value is -4.31. The molecule has 0 saturated carbocycles. The van der Waals surface area contributed by atoms with Gasteiger partial charge in [0, 0.05) is 39.3 Å². The number of para-hydroxylation sites is 1. The standard InChI is InChI=1S/C27H14N2O2/c1-2-6-16-15(5-1)23-19(29-14-13-28-27(16)29)10-12-21-24(23)18-9-11-22-25(26(18)31-21)17-7-3-4-8-20(17)30-22/h1-14H. The van der Waals surface area contributed by atoms with Crippen molar-refractivity contribution in [3.05, 3.63) is 85.2 Å². The van der Waals surface area contributed by atoms with Gasteiger partial charge >= 0.3 is 0 Å². The predicted molar refractivity (Wildman–Crippen MR) is 125 cm³/mol. The van der Waals surface area contributed by atoms with Gasteiger partial charge in [-0.3, -0.25) is 4.40 Å². The van der Waals surface area contributed by atoms with E-state index in [4.69, 9.17) is 8.83 Å². The number of pyridine rings is 1. The van der Waals surface area contributed by atoms with E-state index in [2.05, 4.69) is 64.0 Å². The van der Waals surface area contributed by atoms with E-state index in [-0.39, 0.29) is 0 Å². The second kappa shape index (κ2) is 5.24. The summed E-state index contributed by atoms with van der Waals surface area (Å²) in [4.78, 5) is 4.62. The van der Waals surface area contributed by atoms with E-state index >= 15 is 0 Å². The van der Waals surface area contributed by atoms with E-state index in [1.54, 1.807) is 0 Å². The minimum Gasteiger partial charge on any atom is -0.456 e. The van der Waals surface area contributed by atoms with Crippen molar-refractivity contribution in [2.24, 2.45) is 0 Å². The van der Waals surface area contributed by atoms with E-state index < -0.39 is 0 Å². The van der Waals surface area contributed by atoms with Crippen LogP contribution in [-0.2, 0) is 0 Å². The van der Waals surface area contributed by atoms with Crippen LogP contribution in [0.1, 0.15) is 0 Å². The zero-order valence-corrected chi connectivity index (χ0v) is 16.3. The molecule has 4 aromatic carbocycles. The largest absolute Gasteiger partial charge is 0.456 e. The highest BCUT2D eigenvalue weighted by molar-refractivity contribution is 6.31. The highest BCUT2D eigenvalue weighted by Gasteiger charge is 2.19. The Morgan fingerprint density at radius 1 is 0.581 bits per heavy atom. The second-order valence-electron chi connectivity index (χ2n) is 8.01. The molecule has 0 aliphatic carbocycles. The summed E-state index contributed by atoms with van der Waals surface area (Å²) in [5.41, 5.74) is 5.57. The first-order valence-electron chi connectivity index (χ1n) is 10.3. The molecule has 4 heteroatoms. The molecular weight excluding hydrogens is 384 g/mol. The molecule has 4 nitrogen and oxygen atoms in total. The molecule has 0 spiro atoms. The summed E-state index contributed by atoms with van der Waals surface area (Å²) in [6.45, 7) is 0. The highest BCUT2D eigenvalue weighted by atomic mass is 16.3. The topological polar surface area (TPSA) is 43.6 Å². The number of hydrogen-bond donors (Lipinski definition) is 0. The molecule has 0 amide bonds. The minimum absolute atomic E-state index is 0.846. The second-order valence-corrected chi connectivity index (χ2v) is 8.01. The van der Waals surface area contributed by atoms with E-state index in [1.165, 1.54) is 10.8 Å². The number of hydrogen-bond acceptors (Lipinski definition) is 3. The molecule has 0 saturated heterocycles. The SMILES string of the molecule is c1ccc2c(c1)oc1ccc3c(oc4ccc5c(c6ccccc6c6nccn56)c43)c12. The molecule has 31 heavy (non-hydrogen) atoms. The average molecular weight is 398 g/mol. The molecule has 0 aliphatic rings. The van der Waals surface area contributed by atoms with Crippen LogP contribution in [0.15, 0.2) is 94.0 Å². The molecule has 0 aliphatic heterocycles. The smallest absolute Gasteiger partial charge is 0.147 e. The lowest BCUT2D eigenvalue weighted by Gasteiger charge is -2.09. The maximum atomic E-state index is 6.50. The first kappa shape index (κ1) is 15.5. The Kier molecular flexibility index (Phi) is 2.62. The summed E-state index contributed by atoms with van der Waals surface area (Å²) in [5, 5.41) is 7.84. The highest BCUT2D eigenvalue weighted by Crippen LogP contribution is 2.43. The van der Waals surface area contributed by atoms with Crippen LogP contribution in [0.5, 0.6) is 0 Å². The number of imidazole rings is 1. The molecule has 4 aromatic heterocycles. The fraction of sp³-hybridized carbons (Fsp3) is 0. The Balaban J connectivity index is 1.71. The number of furan rings is 2. The van der Waals surface area contributed by atoms with Gasteiger partial charge in [0.1, 0.15) is 28.0 Å². The summed E-state index contributed by atoms with van der Waals surface area (Å²) in [5.74, 6) is 0. The van der Waals surface area contributed by atoms with Crippen molar-refractivity contribution in [1.29, 1.82) is 0 Å². The molecule has 0 fully saturated rings. The third-order valence-electron chi connectivity index (χ3n) is 6.46. The van der Waals surface area contributed by atoms with Gasteiger partial charge in [-0.25, -0.2) is 4.98 Å². The summed E-state index contributed by atoms with van der Waals surface area (Å²) >= 11 is 0. The van der Waals surface area contributed by atoms with Crippen molar-refractivity contribution in [3.8, 4) is 0 Å². The Bertz CT molecular complexity index is 2000. The van der Waals surface area contributed by atoms with Gasteiger partial charge in [-0.15, -0.1) is 0 Å². The van der Waals surface area contributed by atoms with Crippen molar-refractivity contribution >= 4 is 71.2 Å². The van der Waals surface area contributed by atoms with Gasteiger partial charge in [0.05, 0.1) is 10.9 Å². The van der Waals surface area contributed by atoms with Crippen LogP contribution in [0.25, 0.3) is 71.2 Å². The first-order valence-corrected chi connectivity index (χ1v) is 10.3. The average Bonchev–Trinajstić information content (AvgIpc) is 3.53. The normalized spacial score (nSPS) is 12.5. The van der Waals surface area contributed by atoms with Crippen LogP contribution >= 0.6 is 0 Å². The number of rotatable bonds is 0. The van der Waals surface area contributed by atoms with Crippen molar-refractivity contribution in [3.63, 3.8) is 0 Å². The van der Waals surface area contributed by atoms with Crippen molar-refractivity contribution < 1.29 is 8.83 Å². The van der Waals surface area contributed by atoms with Gasteiger partial charge < -0.3 is 8.83 Å². The number of benzene rings is 4. The van der Waals surface area contributed by atoms with Crippen LogP contribution in [0.4, 0.5) is 0 Å². The Labute approximate surface area is 174 Å². The van der Waals surface area contributed by atoms with Crippen LogP contribution in [0.2, 0.25) is 0 Å². The molecule has 0 bridgehead atoms. The summed E-state index contributed by atoms with van der Waals surface area (Å²) < 4.78 is 14.8. The van der Waals surface area contributed by atoms with E-state index in [1.807, 2.05) is 30.6 Å². The zero-order chi connectivity index (χ0) is 20.1. The van der Waals surface area contributed by atoms with Crippen molar-refractivity contribution in [1.82, 2.24) is 9.38 Å². The lowest BCUT2D eigenvalue weighted by atomic mass is 10.00. The number of nitrogens with zero attached hydrogens (tertiary/aromatic N) is 2. The molecule has 8 rings (SSSR count). The molecule has 4 heterocycles. The van der Waals surface area contributed by atoms with Gasteiger partial charge in [-0.05, 0) is 35.7 Å². The van der Waals surface area contributed by atoms with E-state index in [9.17, 15) is 0 Å². The molecule has 144 valence electrons. The lowest BCUT2D eigenvalue weighted by Crippen LogP contribution is -1.90. The maximum absolute atomic E-state index is 6.50. The molecule has 0 radical (unpaired) electrons. The molecule has 0 atom stereocenters. The summed E-state index contributed by atoms with van der Waals surface area (Å²) in [6, 6.07) is 25.0. The summed E-state index contributed by atoms with van der Waals surface area (Å²) in [7, 11) is 0. The fourth-order valence-electron chi connectivity index (χ4n) is 5.19. The lowest BCUT2D eigenvalue weighted by molar-refractivity contribution is 0.663. The van der Waals surface area contributed by atoms with Gasteiger partial charge in [-0.2, -0.15) is 0 Å². The molecular formula is C27H14N2O2. The van der Waals surface area contributed by atoms with E-state index in [0.717, 1.165) is 60.4 Å². The number of fused-ring (bicyclic) bond motifs is 14. The fourth-order valence-corrected chi connectivity index (χ4v) is 5.19. The quantitative estimate of drug-likeness (QED) is 0.249. The minimum atomic E-state index is 0.846. The zero-order valence-electron chi connectivity index (χ0n) is 16.3. The van der Waals surface area contributed by atoms with Gasteiger partial charge in [-0.1, -0.05) is 42.5 Å². The van der Waals surface area contributed by atoms with Crippen molar-refractivity contribution in [2.45, 2.75) is 0 Å². The summed E-state index contributed by atoms with van der Waals surface area (Å²) in [6.07, 6.45) is 3.89. The monoisotopic (exact) mass is 398 g/mol. The maximum Gasteiger partial charge on any atom is 0.147 e. The predicted octanol–water partition coefficient (Wildman–Crippen LogP) is 7.44. The third-order valence-corrected chi connectivity index (χ3v) is 6.46. The Morgan fingerprint density at radius 3 is 2.29 bits per heavy atom. The van der Waals surface area contributed by atoms with Crippen LogP contribution < -0.4 is 0 Å². The van der Waals surface area contributed by atoms with Crippen LogP contribution in [0.3, 0.4) is 0 Å². The molecule has 0 unspecified atom stereocenters. The Morgan fingerprint density at radius 2 is 1.35 bits per heavy atom. The van der Waals surface area contributed by atoms with Crippen LogP contribution in [0, 0.1) is 0 Å². The molecule has 8 aromatic rings. The molecule has 0 N–H and O–H groups in total. The third kappa shape index (κ3) is 1.79. The first-order chi connectivity index (χ1) is 15.4.